The molecule has 6 nitrogen and oxygen atoms in total. The number of nitrogens with zero attached hydrogens (tertiary/aromatic N) is 4. The predicted octanol–water partition coefficient (Wildman–Crippen LogP) is 3.54. The highest BCUT2D eigenvalue weighted by molar-refractivity contribution is 7.99. The summed E-state index contributed by atoms with van der Waals surface area (Å²) in [6.07, 6.45) is 2.31. The number of benzene rings is 1. The van der Waals surface area contributed by atoms with Gasteiger partial charge in [0.25, 0.3) is 0 Å². The van der Waals surface area contributed by atoms with E-state index in [1.165, 1.54) is 18.2 Å². The van der Waals surface area contributed by atoms with E-state index in [0.717, 1.165) is 48.3 Å². The summed E-state index contributed by atoms with van der Waals surface area (Å²) in [5.41, 5.74) is 1.09. The fraction of sp³-hybridized carbons (Fsp3) is 0.550. The maximum atomic E-state index is 12.5. The van der Waals surface area contributed by atoms with E-state index in [9.17, 15) is 4.79 Å². The normalized spacial score (nSPS) is 17.1. The van der Waals surface area contributed by atoms with Crippen molar-refractivity contribution in [3.63, 3.8) is 0 Å². The van der Waals surface area contributed by atoms with Gasteiger partial charge in [-0.3, -0.25) is 4.79 Å². The van der Waals surface area contributed by atoms with E-state index < -0.39 is 0 Å². The predicted molar refractivity (Wildman–Crippen MR) is 107 cm³/mol. The summed E-state index contributed by atoms with van der Waals surface area (Å²) < 4.78 is 7.93. The van der Waals surface area contributed by atoms with Crippen LogP contribution in [0.2, 0.25) is 0 Å². The Labute approximate surface area is 165 Å². The maximum Gasteiger partial charge on any atom is 0.233 e. The van der Waals surface area contributed by atoms with Crippen LogP contribution in [0.3, 0.4) is 0 Å². The van der Waals surface area contributed by atoms with Gasteiger partial charge in [0.1, 0.15) is 12.4 Å². The van der Waals surface area contributed by atoms with Crippen LogP contribution in [0.25, 0.3) is 0 Å². The molecule has 2 aromatic rings. The first-order valence-corrected chi connectivity index (χ1v) is 10.6. The number of thioether (sulfide) groups is 1. The Hall–Kier alpha value is -2.02. The molecular formula is C20H28N4O2S. The summed E-state index contributed by atoms with van der Waals surface area (Å²) in [7, 11) is 0. The molecule has 1 fully saturated rings. The Kier molecular flexibility index (Phi) is 6.77. The zero-order chi connectivity index (χ0) is 19.2. The van der Waals surface area contributed by atoms with Crippen LogP contribution in [-0.2, 0) is 17.9 Å². The molecule has 0 bridgehead atoms. The second-order valence-corrected chi connectivity index (χ2v) is 8.02. The largest absolute Gasteiger partial charge is 0.485 e. The number of ether oxygens (including phenoxy) is 1. The zero-order valence-electron chi connectivity index (χ0n) is 16.4. The fourth-order valence-electron chi connectivity index (χ4n) is 3.34. The Bertz CT molecular complexity index is 777. The number of hydrogen-bond donors (Lipinski definition) is 0. The van der Waals surface area contributed by atoms with Crippen molar-refractivity contribution < 1.29 is 9.53 Å². The highest BCUT2D eigenvalue weighted by Gasteiger charge is 2.22. The lowest BCUT2D eigenvalue weighted by atomic mass is 10.0. The van der Waals surface area contributed by atoms with Crippen molar-refractivity contribution in [3.05, 3.63) is 35.7 Å². The number of carbonyl (C=O) groups is 1. The standard InChI is InChI=1S/C20H28N4O2S/c1-4-24-18(13-26-17-10-6-5-9-16(17)3)21-22-20(24)27-14-19(25)23-11-7-8-15(2)12-23/h5-6,9-10,15H,4,7-8,11-14H2,1-3H3. The number of hydrogen-bond acceptors (Lipinski definition) is 5. The first-order chi connectivity index (χ1) is 13.1. The van der Waals surface area contributed by atoms with E-state index in [2.05, 4.69) is 24.0 Å². The molecule has 1 aromatic heterocycles. The number of piperidine rings is 1. The number of likely N-dealkylation sites (tertiary alicyclic amines) is 1. The molecule has 2 heterocycles. The van der Waals surface area contributed by atoms with Crippen molar-refractivity contribution in [2.24, 2.45) is 5.92 Å². The molecule has 0 saturated carbocycles. The molecule has 1 saturated heterocycles. The van der Waals surface area contributed by atoms with Gasteiger partial charge in [0.2, 0.25) is 5.91 Å². The van der Waals surface area contributed by atoms with Gasteiger partial charge in [-0.05, 0) is 44.2 Å². The van der Waals surface area contributed by atoms with E-state index in [-0.39, 0.29) is 5.91 Å². The third-order valence-corrected chi connectivity index (χ3v) is 5.85. The van der Waals surface area contributed by atoms with Gasteiger partial charge >= 0.3 is 0 Å². The number of aryl methyl sites for hydroxylation is 1. The van der Waals surface area contributed by atoms with Gasteiger partial charge in [-0.2, -0.15) is 0 Å². The van der Waals surface area contributed by atoms with Gasteiger partial charge in [-0.15, -0.1) is 10.2 Å². The van der Waals surface area contributed by atoms with Gasteiger partial charge < -0.3 is 14.2 Å². The highest BCUT2D eigenvalue weighted by Crippen LogP contribution is 2.22. The lowest BCUT2D eigenvalue weighted by molar-refractivity contribution is -0.130. The SMILES string of the molecule is CCn1c(COc2ccccc2C)nnc1SCC(=O)N1CCCC(C)C1. The van der Waals surface area contributed by atoms with Crippen molar-refractivity contribution in [2.45, 2.75) is 51.9 Å². The smallest absolute Gasteiger partial charge is 0.233 e. The van der Waals surface area contributed by atoms with Crippen molar-refractivity contribution in [1.29, 1.82) is 0 Å². The number of rotatable bonds is 7. The van der Waals surface area contributed by atoms with Crippen molar-refractivity contribution in [3.8, 4) is 5.75 Å². The molecule has 27 heavy (non-hydrogen) atoms. The molecule has 0 N–H and O–H groups in total. The molecule has 1 atom stereocenters. The fourth-order valence-corrected chi connectivity index (χ4v) is 4.27. The summed E-state index contributed by atoms with van der Waals surface area (Å²) in [4.78, 5) is 14.5. The molecule has 7 heteroatoms. The van der Waals surface area contributed by atoms with Crippen LogP contribution in [0, 0.1) is 12.8 Å². The number of carbonyl (C=O) groups excluding carboxylic acids is 1. The summed E-state index contributed by atoms with van der Waals surface area (Å²) in [5, 5.41) is 9.33. The van der Waals surface area contributed by atoms with Gasteiger partial charge in [0.15, 0.2) is 11.0 Å². The highest BCUT2D eigenvalue weighted by atomic mass is 32.2. The topological polar surface area (TPSA) is 60.2 Å². The Morgan fingerprint density at radius 1 is 1.33 bits per heavy atom. The summed E-state index contributed by atoms with van der Waals surface area (Å²) in [6, 6.07) is 7.93. The van der Waals surface area contributed by atoms with Crippen LogP contribution in [0.1, 0.15) is 38.1 Å². The van der Waals surface area contributed by atoms with Crippen molar-refractivity contribution in [2.75, 3.05) is 18.8 Å². The number of amides is 1. The molecular weight excluding hydrogens is 360 g/mol. The van der Waals surface area contributed by atoms with Crippen LogP contribution in [0.4, 0.5) is 0 Å². The lowest BCUT2D eigenvalue weighted by Crippen LogP contribution is -2.40. The first kappa shape index (κ1) is 19.7. The van der Waals surface area contributed by atoms with Gasteiger partial charge in [0.05, 0.1) is 5.75 Å². The monoisotopic (exact) mass is 388 g/mol. The molecule has 0 radical (unpaired) electrons. The lowest BCUT2D eigenvalue weighted by Gasteiger charge is -2.30. The van der Waals surface area contributed by atoms with Crippen LogP contribution < -0.4 is 4.74 Å². The minimum atomic E-state index is 0.190. The van der Waals surface area contributed by atoms with Crippen LogP contribution in [0.5, 0.6) is 5.75 Å². The summed E-state index contributed by atoms with van der Waals surface area (Å²) >= 11 is 1.46. The molecule has 146 valence electrons. The van der Waals surface area contributed by atoms with Crippen LogP contribution in [0.15, 0.2) is 29.4 Å². The van der Waals surface area contributed by atoms with Crippen molar-refractivity contribution in [1.82, 2.24) is 19.7 Å². The molecule has 1 aliphatic rings. The second kappa shape index (κ2) is 9.26. The average Bonchev–Trinajstić information content (AvgIpc) is 3.07. The minimum absolute atomic E-state index is 0.190. The van der Waals surface area contributed by atoms with Crippen LogP contribution in [-0.4, -0.2) is 44.4 Å². The molecule has 0 aliphatic carbocycles. The number of para-hydroxylation sites is 1. The Balaban J connectivity index is 1.58. The van der Waals surface area contributed by atoms with E-state index in [1.54, 1.807) is 0 Å². The van der Waals surface area contributed by atoms with E-state index in [1.807, 2.05) is 40.7 Å². The second-order valence-electron chi connectivity index (χ2n) is 7.07. The molecule has 1 amide bonds. The van der Waals surface area contributed by atoms with Crippen molar-refractivity contribution >= 4 is 17.7 Å². The van der Waals surface area contributed by atoms with Gasteiger partial charge in [0, 0.05) is 19.6 Å². The molecule has 3 rings (SSSR count). The summed E-state index contributed by atoms with van der Waals surface area (Å²) in [6.45, 7) is 9.14. The Morgan fingerprint density at radius 2 is 2.15 bits per heavy atom. The molecule has 1 aromatic carbocycles. The van der Waals surface area contributed by atoms with Gasteiger partial charge in [-0.25, -0.2) is 0 Å². The quantitative estimate of drug-likeness (QED) is 0.679. The third-order valence-electron chi connectivity index (χ3n) is 4.89. The first-order valence-electron chi connectivity index (χ1n) is 9.59. The minimum Gasteiger partial charge on any atom is -0.485 e. The van der Waals surface area contributed by atoms with E-state index >= 15 is 0 Å². The van der Waals surface area contributed by atoms with E-state index in [4.69, 9.17) is 4.74 Å². The maximum absolute atomic E-state index is 12.5. The number of aromatic nitrogens is 3. The van der Waals surface area contributed by atoms with Gasteiger partial charge in [-0.1, -0.05) is 36.9 Å². The molecule has 0 spiro atoms. The van der Waals surface area contributed by atoms with E-state index in [0.29, 0.717) is 18.3 Å². The summed E-state index contributed by atoms with van der Waals surface area (Å²) in [5.74, 6) is 2.82. The Morgan fingerprint density at radius 3 is 2.89 bits per heavy atom. The average molecular weight is 389 g/mol. The molecule has 1 aliphatic heterocycles. The molecule has 1 unspecified atom stereocenters. The zero-order valence-corrected chi connectivity index (χ0v) is 17.2. The van der Waals surface area contributed by atoms with Crippen LogP contribution >= 0.6 is 11.8 Å². The third kappa shape index (κ3) is 5.03.